The van der Waals surface area contributed by atoms with E-state index in [1.165, 1.54) is 0 Å². The van der Waals surface area contributed by atoms with E-state index in [2.05, 4.69) is 10.2 Å². The minimum Gasteiger partial charge on any atom is -0.393 e. The summed E-state index contributed by atoms with van der Waals surface area (Å²) in [6.07, 6.45) is 6.03. The quantitative estimate of drug-likeness (QED) is 0.460. The molecule has 0 aromatic rings. The monoisotopic (exact) mass is 302 g/mol. The van der Waals surface area contributed by atoms with E-state index >= 15 is 0 Å². The Kier molecular flexibility index (Phi) is 7.19. The second kappa shape index (κ2) is 8.39. The van der Waals surface area contributed by atoms with E-state index < -0.39 is 0 Å². The summed E-state index contributed by atoms with van der Waals surface area (Å²) >= 11 is 5.55. The molecule has 0 spiro atoms. The molecule has 0 radical (unpaired) electrons. The largest absolute Gasteiger partial charge is 0.393 e. The average Bonchev–Trinajstić information content (AvgIpc) is 2.85. The average molecular weight is 303 g/mol. The highest BCUT2D eigenvalue weighted by atomic mass is 35.5. The van der Waals surface area contributed by atoms with Crippen LogP contribution in [-0.4, -0.2) is 41.3 Å². The Bertz CT molecular complexity index is 349. The number of nitrogens with two attached hydrogens (primary N) is 2. The van der Waals surface area contributed by atoms with Crippen LogP contribution in [0.25, 0.3) is 0 Å². The van der Waals surface area contributed by atoms with E-state index in [1.807, 2.05) is 13.8 Å². The number of nitrogens with one attached hydrogen (secondary N) is 1. The maximum atomic E-state index is 9.24. The van der Waals surface area contributed by atoms with Gasteiger partial charge >= 0.3 is 0 Å². The standard InChI is InChI=1S/C12H21ClN4O.C2H6/c13-11(14)1-2-12(15)17-4-3-8(7-17)16-9-5-10(18)6-9;1-2/h1-2,8-10,16,18H,3-7,14-15H2;1-2H3/b11-1-,12-2+;. The number of likely N-dealkylation sites (tertiary alicyclic amines) is 1. The lowest BCUT2D eigenvalue weighted by molar-refractivity contribution is 0.0582. The molecule has 1 aliphatic carbocycles. The highest BCUT2D eigenvalue weighted by Gasteiger charge is 2.31. The van der Waals surface area contributed by atoms with Crippen molar-refractivity contribution in [3.8, 4) is 0 Å². The van der Waals surface area contributed by atoms with Crippen molar-refractivity contribution in [2.75, 3.05) is 13.1 Å². The van der Waals surface area contributed by atoms with Crippen LogP contribution >= 0.6 is 11.6 Å². The van der Waals surface area contributed by atoms with Gasteiger partial charge in [0.05, 0.1) is 17.1 Å². The van der Waals surface area contributed by atoms with Crippen LogP contribution in [0.4, 0.5) is 0 Å². The van der Waals surface area contributed by atoms with Crippen molar-refractivity contribution >= 4 is 11.6 Å². The fourth-order valence-electron chi connectivity index (χ4n) is 2.46. The molecule has 6 heteroatoms. The number of rotatable bonds is 4. The molecule has 0 aromatic heterocycles. The number of allylic oxidation sites excluding steroid dienone is 2. The van der Waals surface area contributed by atoms with Crippen molar-refractivity contribution in [2.24, 2.45) is 11.5 Å². The molecule has 2 rings (SSSR count). The number of hydrogen-bond acceptors (Lipinski definition) is 5. The zero-order valence-electron chi connectivity index (χ0n) is 12.3. The summed E-state index contributed by atoms with van der Waals surface area (Å²) in [6.45, 7) is 5.83. The van der Waals surface area contributed by atoms with Gasteiger partial charge in [0.25, 0.3) is 0 Å². The third kappa shape index (κ3) is 5.23. The zero-order chi connectivity index (χ0) is 15.1. The van der Waals surface area contributed by atoms with Crippen molar-refractivity contribution in [2.45, 2.75) is 51.3 Å². The molecule has 1 heterocycles. The van der Waals surface area contributed by atoms with Gasteiger partial charge in [-0.2, -0.15) is 0 Å². The summed E-state index contributed by atoms with van der Waals surface area (Å²) in [5, 5.41) is 13.0. The minimum absolute atomic E-state index is 0.109. The van der Waals surface area contributed by atoms with Gasteiger partial charge in [0, 0.05) is 25.2 Å². The fraction of sp³-hybridized carbons (Fsp3) is 0.714. The van der Waals surface area contributed by atoms with Gasteiger partial charge in [-0.25, -0.2) is 0 Å². The molecule has 5 nitrogen and oxygen atoms in total. The molecule has 6 N–H and O–H groups in total. The normalized spacial score (nSPS) is 30.6. The van der Waals surface area contributed by atoms with E-state index in [9.17, 15) is 5.11 Å². The first-order valence-corrected chi connectivity index (χ1v) is 7.70. The lowest BCUT2D eigenvalue weighted by Gasteiger charge is -2.34. The van der Waals surface area contributed by atoms with Gasteiger partial charge in [-0.15, -0.1) is 0 Å². The van der Waals surface area contributed by atoms with Crippen LogP contribution in [0, 0.1) is 0 Å². The molecule has 0 aromatic carbocycles. The maximum absolute atomic E-state index is 9.24. The van der Waals surface area contributed by atoms with Crippen LogP contribution in [0.1, 0.15) is 33.1 Å². The van der Waals surface area contributed by atoms with E-state index in [0.29, 0.717) is 17.9 Å². The lowest BCUT2D eigenvalue weighted by Crippen LogP contribution is -2.49. The highest BCUT2D eigenvalue weighted by molar-refractivity contribution is 6.29. The molecule has 2 fully saturated rings. The first-order valence-electron chi connectivity index (χ1n) is 7.32. The van der Waals surface area contributed by atoms with Crippen molar-refractivity contribution in [3.05, 3.63) is 23.1 Å². The van der Waals surface area contributed by atoms with E-state index in [4.69, 9.17) is 23.1 Å². The molecular weight excluding hydrogens is 276 g/mol. The molecule has 2 aliphatic rings. The van der Waals surface area contributed by atoms with Crippen molar-refractivity contribution in [1.82, 2.24) is 10.2 Å². The van der Waals surface area contributed by atoms with E-state index in [-0.39, 0.29) is 11.3 Å². The summed E-state index contributed by atoms with van der Waals surface area (Å²) in [4.78, 5) is 2.11. The first kappa shape index (κ1) is 17.1. The smallest absolute Gasteiger partial charge is 0.0993 e. The summed E-state index contributed by atoms with van der Waals surface area (Å²) in [7, 11) is 0. The molecular formula is C14H27ClN4O. The Labute approximate surface area is 126 Å². The van der Waals surface area contributed by atoms with E-state index in [1.54, 1.807) is 12.2 Å². The van der Waals surface area contributed by atoms with Crippen LogP contribution in [-0.2, 0) is 0 Å². The highest BCUT2D eigenvalue weighted by Crippen LogP contribution is 2.22. The molecule has 1 saturated carbocycles. The second-order valence-electron chi connectivity index (χ2n) is 5.06. The third-order valence-electron chi connectivity index (χ3n) is 3.55. The predicted octanol–water partition coefficient (Wildman–Crippen LogP) is 1.04. The Morgan fingerprint density at radius 1 is 1.25 bits per heavy atom. The SMILES string of the molecule is CC.N/C(Cl)=C\C=C(/N)N1CCC(NC2CC(O)C2)C1. The van der Waals surface area contributed by atoms with Crippen LogP contribution in [0.2, 0.25) is 0 Å². The van der Waals surface area contributed by atoms with Crippen LogP contribution in [0.5, 0.6) is 0 Å². The van der Waals surface area contributed by atoms with Gasteiger partial charge in [0.1, 0.15) is 0 Å². The number of aliphatic hydroxyl groups is 1. The molecule has 1 saturated heterocycles. The Balaban J connectivity index is 0.000000956. The number of hydrogen-bond donors (Lipinski definition) is 4. The summed E-state index contributed by atoms with van der Waals surface area (Å²) in [5.74, 6) is 0.691. The topological polar surface area (TPSA) is 87.5 Å². The molecule has 0 amide bonds. The van der Waals surface area contributed by atoms with Crippen LogP contribution in [0.3, 0.4) is 0 Å². The van der Waals surface area contributed by atoms with Gasteiger partial charge in [-0.05, 0) is 31.4 Å². The number of nitrogens with zero attached hydrogens (tertiary/aromatic N) is 1. The molecule has 0 bridgehead atoms. The predicted molar refractivity (Wildman–Crippen MR) is 83.9 cm³/mol. The fourth-order valence-corrected chi connectivity index (χ4v) is 2.52. The first-order chi connectivity index (χ1) is 9.54. The Morgan fingerprint density at radius 3 is 2.45 bits per heavy atom. The van der Waals surface area contributed by atoms with Gasteiger partial charge in [0.2, 0.25) is 0 Å². The van der Waals surface area contributed by atoms with Gasteiger partial charge in [-0.3, -0.25) is 0 Å². The second-order valence-corrected chi connectivity index (χ2v) is 5.50. The van der Waals surface area contributed by atoms with Crippen LogP contribution in [0.15, 0.2) is 23.1 Å². The van der Waals surface area contributed by atoms with Gasteiger partial charge in [0.15, 0.2) is 0 Å². The number of aliphatic hydroxyl groups excluding tert-OH is 1. The third-order valence-corrected chi connectivity index (χ3v) is 3.68. The van der Waals surface area contributed by atoms with Crippen molar-refractivity contribution in [3.63, 3.8) is 0 Å². The minimum atomic E-state index is -0.109. The van der Waals surface area contributed by atoms with Gasteiger partial charge < -0.3 is 26.8 Å². The van der Waals surface area contributed by atoms with E-state index in [0.717, 1.165) is 32.4 Å². The molecule has 116 valence electrons. The summed E-state index contributed by atoms with van der Waals surface area (Å²) < 4.78 is 0. The molecule has 1 atom stereocenters. The van der Waals surface area contributed by atoms with Crippen molar-refractivity contribution < 1.29 is 5.11 Å². The zero-order valence-corrected chi connectivity index (χ0v) is 13.1. The Morgan fingerprint density at radius 2 is 1.90 bits per heavy atom. The maximum Gasteiger partial charge on any atom is 0.0993 e. The molecule has 1 aliphatic heterocycles. The molecule has 20 heavy (non-hydrogen) atoms. The Hall–Kier alpha value is -0.910. The van der Waals surface area contributed by atoms with Crippen molar-refractivity contribution in [1.29, 1.82) is 0 Å². The number of halogens is 1. The van der Waals surface area contributed by atoms with Crippen LogP contribution < -0.4 is 16.8 Å². The summed E-state index contributed by atoms with van der Waals surface area (Å²) in [5.41, 5.74) is 11.3. The molecule has 1 unspecified atom stereocenters. The summed E-state index contributed by atoms with van der Waals surface area (Å²) in [6, 6.07) is 0.917. The lowest BCUT2D eigenvalue weighted by atomic mass is 9.89. The van der Waals surface area contributed by atoms with Gasteiger partial charge in [-0.1, -0.05) is 25.4 Å².